The standard InChI is InChI=1S/C40H56ClN3O/c1-4-6-15-35(34-16-8-7-12-30(34)3)36-17-9-10-18-38(42-29-37(36)41)43-33-14-11-13-31(27-33)19-20-32-21-22-40(28-32)23-25-44(26-24-40)39(45)5-2/h5,7-8,12,15-17,29,31-33H,2,4,6,9-11,13-14,18-28H2,1,3H3,(H,42,43)/b35-15+,36-17-,37-29+/t31-,32?,33+/m0/s1. The Labute approximate surface area is 278 Å². The Bertz CT molecular complexity index is 1300. The van der Waals surface area contributed by atoms with E-state index in [-0.39, 0.29) is 5.91 Å². The van der Waals surface area contributed by atoms with Gasteiger partial charge in [0.15, 0.2) is 0 Å². The molecule has 1 amide bonds. The van der Waals surface area contributed by atoms with Crippen LogP contribution in [-0.2, 0) is 4.79 Å². The average molecular weight is 630 g/mol. The number of piperidine rings is 1. The number of carbonyl (C=O) groups excluding carboxylic acids is 1. The van der Waals surface area contributed by atoms with Crippen LogP contribution in [0.25, 0.3) is 5.57 Å². The zero-order chi connectivity index (χ0) is 31.6. The van der Waals surface area contributed by atoms with Crippen LogP contribution in [0.4, 0.5) is 0 Å². The molecule has 0 bridgehead atoms. The number of halogens is 1. The van der Waals surface area contributed by atoms with Crippen LogP contribution in [-0.4, -0.2) is 35.8 Å². The largest absolute Gasteiger partial charge is 0.349 e. The van der Waals surface area contributed by atoms with Gasteiger partial charge in [0.25, 0.3) is 0 Å². The second-order valence-electron chi connectivity index (χ2n) is 14.3. The number of nitrogens with zero attached hydrogens (tertiary/aromatic N) is 2. The van der Waals surface area contributed by atoms with Crippen LogP contribution in [0.2, 0.25) is 0 Å². The first-order valence-electron chi connectivity index (χ1n) is 18.0. The molecule has 5 heteroatoms. The van der Waals surface area contributed by atoms with Gasteiger partial charge in [-0.15, -0.1) is 0 Å². The first kappa shape index (κ1) is 33.8. The van der Waals surface area contributed by atoms with Crippen molar-refractivity contribution >= 4 is 28.9 Å². The number of hydrogen-bond donors (Lipinski definition) is 1. The number of amides is 1. The van der Waals surface area contributed by atoms with Gasteiger partial charge in [-0.2, -0.15) is 0 Å². The van der Waals surface area contributed by atoms with Gasteiger partial charge in [-0.05, 0) is 117 Å². The predicted molar refractivity (Wildman–Crippen MR) is 191 cm³/mol. The Morgan fingerprint density at radius 1 is 1.11 bits per heavy atom. The monoisotopic (exact) mass is 629 g/mol. The smallest absolute Gasteiger partial charge is 0.245 e. The molecular weight excluding hydrogens is 574 g/mol. The van der Waals surface area contributed by atoms with Crippen LogP contribution < -0.4 is 5.32 Å². The molecule has 4 nitrogen and oxygen atoms in total. The number of aliphatic imine (C=N–C) groups is 1. The summed E-state index contributed by atoms with van der Waals surface area (Å²) in [6.07, 6.45) is 27.6. The number of nitrogens with one attached hydrogen (secondary N) is 1. The molecule has 1 aromatic rings. The van der Waals surface area contributed by atoms with Gasteiger partial charge in [-0.3, -0.25) is 9.79 Å². The Kier molecular flexibility index (Phi) is 12.2. The summed E-state index contributed by atoms with van der Waals surface area (Å²) < 4.78 is 0. The van der Waals surface area contributed by atoms with E-state index in [1.807, 2.05) is 11.1 Å². The molecule has 45 heavy (non-hydrogen) atoms. The molecule has 1 aromatic carbocycles. The van der Waals surface area contributed by atoms with E-state index < -0.39 is 0 Å². The van der Waals surface area contributed by atoms with Gasteiger partial charge in [0, 0.05) is 25.7 Å². The lowest BCUT2D eigenvalue weighted by Crippen LogP contribution is -2.41. The fourth-order valence-electron chi connectivity index (χ4n) is 8.47. The quantitative estimate of drug-likeness (QED) is 0.276. The molecular formula is C40H56ClN3O. The van der Waals surface area contributed by atoms with Gasteiger partial charge in [0.1, 0.15) is 5.84 Å². The number of hydrogen-bond acceptors (Lipinski definition) is 2. The molecule has 2 aliphatic heterocycles. The van der Waals surface area contributed by atoms with Crippen LogP contribution >= 0.6 is 11.6 Å². The fraction of sp³-hybridized carbons (Fsp3) is 0.600. The van der Waals surface area contributed by atoms with Crippen LogP contribution in [0.5, 0.6) is 0 Å². The summed E-state index contributed by atoms with van der Waals surface area (Å²) >= 11 is 7.04. The van der Waals surface area contributed by atoms with E-state index in [4.69, 9.17) is 16.6 Å². The summed E-state index contributed by atoms with van der Waals surface area (Å²) in [6.45, 7) is 9.91. The number of rotatable bonds is 9. The van der Waals surface area contributed by atoms with E-state index in [1.165, 1.54) is 93.4 Å². The second-order valence-corrected chi connectivity index (χ2v) is 14.8. The molecule has 2 saturated carbocycles. The lowest BCUT2D eigenvalue weighted by Gasteiger charge is -2.39. The van der Waals surface area contributed by atoms with Crippen molar-refractivity contribution in [3.8, 4) is 0 Å². The summed E-state index contributed by atoms with van der Waals surface area (Å²) in [5, 5.41) is 4.33. The Hall–Kier alpha value is -2.59. The molecule has 5 rings (SSSR count). The summed E-state index contributed by atoms with van der Waals surface area (Å²) in [5.74, 6) is 2.86. The Morgan fingerprint density at radius 2 is 1.91 bits per heavy atom. The molecule has 0 aromatic heterocycles. The third-order valence-electron chi connectivity index (χ3n) is 11.1. The number of amidine groups is 1. The zero-order valence-corrected chi connectivity index (χ0v) is 28.7. The lowest BCUT2D eigenvalue weighted by molar-refractivity contribution is -0.128. The van der Waals surface area contributed by atoms with E-state index in [2.05, 4.69) is 62.2 Å². The molecule has 0 radical (unpaired) electrons. The molecule has 3 fully saturated rings. The number of aryl methyl sites for hydroxylation is 1. The van der Waals surface area contributed by atoms with Crippen molar-refractivity contribution in [1.82, 2.24) is 10.2 Å². The van der Waals surface area contributed by atoms with Crippen molar-refractivity contribution in [1.29, 1.82) is 0 Å². The first-order valence-corrected chi connectivity index (χ1v) is 18.3. The maximum atomic E-state index is 12.0. The zero-order valence-electron chi connectivity index (χ0n) is 28.0. The SMILES string of the molecule is C=CC(=O)N1CCC2(CCC(CC[C@@H]3CCC[C@@H](N=C4CCC/C=C(C(=C/CCC)/c5ccccc5C)\C(Cl)=C/N4)C3)C2)CC1. The van der Waals surface area contributed by atoms with E-state index >= 15 is 0 Å². The third-order valence-corrected chi connectivity index (χ3v) is 11.5. The number of likely N-dealkylation sites (tertiary alicyclic amines) is 1. The van der Waals surface area contributed by atoms with Crippen LogP contribution in [0.15, 0.2) is 70.9 Å². The van der Waals surface area contributed by atoms with Crippen LogP contribution in [0.3, 0.4) is 0 Å². The number of benzene rings is 1. The van der Waals surface area contributed by atoms with Gasteiger partial charge < -0.3 is 10.2 Å². The van der Waals surface area contributed by atoms with Crippen molar-refractivity contribution in [3.05, 3.63) is 77.0 Å². The second kappa shape index (κ2) is 16.3. The van der Waals surface area contributed by atoms with E-state index in [0.717, 1.165) is 73.5 Å². The van der Waals surface area contributed by atoms with Crippen molar-refractivity contribution < 1.29 is 4.79 Å². The highest BCUT2D eigenvalue weighted by Crippen LogP contribution is 2.50. The van der Waals surface area contributed by atoms with Gasteiger partial charge in [0.2, 0.25) is 5.91 Å². The maximum Gasteiger partial charge on any atom is 0.245 e. The molecule has 244 valence electrons. The lowest BCUT2D eigenvalue weighted by atomic mass is 9.75. The van der Waals surface area contributed by atoms with Crippen molar-refractivity contribution in [3.63, 3.8) is 0 Å². The van der Waals surface area contributed by atoms with Gasteiger partial charge in [-0.25, -0.2) is 0 Å². The predicted octanol–water partition coefficient (Wildman–Crippen LogP) is 10.3. The average Bonchev–Trinajstić information content (AvgIpc) is 3.48. The van der Waals surface area contributed by atoms with E-state index in [1.54, 1.807) is 0 Å². The Balaban J connectivity index is 1.15. The minimum atomic E-state index is 0.104. The molecule has 1 unspecified atom stereocenters. The third kappa shape index (κ3) is 9.03. The highest BCUT2D eigenvalue weighted by molar-refractivity contribution is 6.33. The van der Waals surface area contributed by atoms with E-state index in [0.29, 0.717) is 11.5 Å². The highest BCUT2D eigenvalue weighted by Gasteiger charge is 2.41. The van der Waals surface area contributed by atoms with Crippen molar-refractivity contribution in [2.75, 3.05) is 13.1 Å². The van der Waals surface area contributed by atoms with Crippen LogP contribution in [0, 0.1) is 24.2 Å². The number of unbranched alkanes of at least 4 members (excludes halogenated alkanes) is 1. The minimum absolute atomic E-state index is 0.104. The topological polar surface area (TPSA) is 44.7 Å². The molecule has 1 saturated heterocycles. The number of carbonyl (C=O) groups is 1. The molecule has 4 aliphatic rings. The van der Waals surface area contributed by atoms with Gasteiger partial charge in [0.05, 0.1) is 11.1 Å². The van der Waals surface area contributed by atoms with Gasteiger partial charge >= 0.3 is 0 Å². The first-order chi connectivity index (χ1) is 21.9. The molecule has 2 heterocycles. The van der Waals surface area contributed by atoms with Crippen LogP contribution in [0.1, 0.15) is 121 Å². The maximum absolute atomic E-state index is 12.0. The summed E-state index contributed by atoms with van der Waals surface area (Å²) in [6, 6.07) is 9.05. The minimum Gasteiger partial charge on any atom is -0.349 e. The normalized spacial score (nSPS) is 29.1. The van der Waals surface area contributed by atoms with Crippen molar-refractivity contribution in [2.45, 2.75) is 123 Å². The van der Waals surface area contributed by atoms with Gasteiger partial charge in [-0.1, -0.05) is 93.6 Å². The molecule has 1 spiro atoms. The Morgan fingerprint density at radius 3 is 2.69 bits per heavy atom. The number of allylic oxidation sites excluding steroid dienone is 5. The highest BCUT2D eigenvalue weighted by atomic mass is 35.5. The molecule has 2 aliphatic carbocycles. The fourth-order valence-corrected chi connectivity index (χ4v) is 8.70. The van der Waals surface area contributed by atoms with Crippen molar-refractivity contribution in [2.24, 2.45) is 22.2 Å². The molecule has 3 atom stereocenters. The van der Waals surface area contributed by atoms with E-state index in [9.17, 15) is 4.79 Å². The summed E-state index contributed by atoms with van der Waals surface area (Å²) in [4.78, 5) is 19.3. The summed E-state index contributed by atoms with van der Waals surface area (Å²) in [5.41, 5.74) is 5.41. The summed E-state index contributed by atoms with van der Waals surface area (Å²) in [7, 11) is 0. The molecule has 1 N–H and O–H groups in total.